The van der Waals surface area contributed by atoms with E-state index in [2.05, 4.69) is 16.0 Å². The van der Waals surface area contributed by atoms with Gasteiger partial charge < -0.3 is 16.0 Å². The highest BCUT2D eigenvalue weighted by Gasteiger charge is 2.30. The molecule has 2 aromatic rings. The summed E-state index contributed by atoms with van der Waals surface area (Å²) >= 11 is 0. The number of anilines is 2. The summed E-state index contributed by atoms with van der Waals surface area (Å²) in [5.41, 5.74) is 2.12. The van der Waals surface area contributed by atoms with Gasteiger partial charge in [0, 0.05) is 11.4 Å². The minimum absolute atomic E-state index is 0.196. The van der Waals surface area contributed by atoms with Gasteiger partial charge in [0.1, 0.15) is 0 Å². The number of alkyl halides is 3. The Hall–Kier alpha value is -3.03. The Kier molecular flexibility index (Phi) is 7.48. The first-order valence-corrected chi connectivity index (χ1v) is 9.63. The maximum Gasteiger partial charge on any atom is 0.416 e. The molecule has 0 bridgehead atoms. The molecular weight excluding hydrogens is 395 g/mol. The summed E-state index contributed by atoms with van der Waals surface area (Å²) in [7, 11) is 0. The summed E-state index contributed by atoms with van der Waals surface area (Å²) < 4.78 is 37.8. The summed E-state index contributed by atoms with van der Waals surface area (Å²) in [4.78, 5) is 24.4. The van der Waals surface area contributed by atoms with Gasteiger partial charge in [0.15, 0.2) is 0 Å². The molecule has 8 heteroatoms. The number of urea groups is 1. The molecule has 2 rings (SSSR count). The third kappa shape index (κ3) is 6.23. The van der Waals surface area contributed by atoms with Gasteiger partial charge in [-0.3, -0.25) is 4.79 Å². The largest absolute Gasteiger partial charge is 0.416 e. The van der Waals surface area contributed by atoms with Gasteiger partial charge in [-0.25, -0.2) is 4.79 Å². The van der Waals surface area contributed by atoms with Gasteiger partial charge >= 0.3 is 12.2 Å². The van der Waals surface area contributed by atoms with Gasteiger partial charge in [-0.15, -0.1) is 0 Å². The minimum Gasteiger partial charge on any atom is -0.329 e. The number of para-hydroxylation sites is 1. The zero-order chi connectivity index (χ0) is 22.5. The van der Waals surface area contributed by atoms with Crippen LogP contribution in [0.2, 0.25) is 0 Å². The fourth-order valence-electron chi connectivity index (χ4n) is 2.96. The van der Waals surface area contributed by atoms with Crippen molar-refractivity contribution in [1.82, 2.24) is 5.32 Å². The normalized spacial score (nSPS) is 11.5. The van der Waals surface area contributed by atoms with E-state index in [-0.39, 0.29) is 24.1 Å². The van der Waals surface area contributed by atoms with Crippen molar-refractivity contribution in [3.8, 4) is 0 Å². The van der Waals surface area contributed by atoms with Crippen LogP contribution in [0.3, 0.4) is 0 Å². The average Bonchev–Trinajstić information content (AvgIpc) is 2.66. The third-order valence-corrected chi connectivity index (χ3v) is 4.52. The van der Waals surface area contributed by atoms with E-state index >= 15 is 0 Å². The summed E-state index contributed by atoms with van der Waals surface area (Å²) in [6, 6.07) is 9.40. The van der Waals surface area contributed by atoms with Crippen LogP contribution in [0.1, 0.15) is 56.2 Å². The van der Waals surface area contributed by atoms with Crippen LogP contribution in [0.5, 0.6) is 0 Å². The molecule has 3 amide bonds. The predicted molar refractivity (Wildman–Crippen MR) is 112 cm³/mol. The molecule has 0 aromatic heterocycles. The first kappa shape index (κ1) is 23.3. The van der Waals surface area contributed by atoms with E-state index in [1.165, 1.54) is 0 Å². The highest BCUT2D eigenvalue weighted by atomic mass is 19.4. The number of rotatable bonds is 6. The first-order valence-electron chi connectivity index (χ1n) is 9.63. The Morgan fingerprint density at radius 3 is 1.87 bits per heavy atom. The second-order valence-electron chi connectivity index (χ2n) is 7.55. The number of hydrogen-bond acceptors (Lipinski definition) is 2. The summed E-state index contributed by atoms with van der Waals surface area (Å²) in [5.74, 6) is -0.157. The lowest BCUT2D eigenvalue weighted by molar-refractivity contribution is -0.137. The van der Waals surface area contributed by atoms with Gasteiger partial charge in [-0.2, -0.15) is 13.2 Å². The van der Waals surface area contributed by atoms with Crippen molar-refractivity contribution >= 4 is 23.3 Å². The SMILES string of the molecule is CC(C)c1cccc(C(C)C)c1NC(=O)NCC(=O)Nc1ccc(C(F)(F)F)cc1. The van der Waals surface area contributed by atoms with E-state index in [1.807, 2.05) is 45.9 Å². The Morgan fingerprint density at radius 1 is 0.867 bits per heavy atom. The summed E-state index contributed by atoms with van der Waals surface area (Å²) in [6.07, 6.45) is -4.44. The lowest BCUT2D eigenvalue weighted by Crippen LogP contribution is -2.36. The maximum atomic E-state index is 12.6. The maximum absolute atomic E-state index is 12.6. The van der Waals surface area contributed by atoms with Crippen LogP contribution in [-0.4, -0.2) is 18.5 Å². The van der Waals surface area contributed by atoms with Gasteiger partial charge in [-0.1, -0.05) is 45.9 Å². The van der Waals surface area contributed by atoms with Crippen molar-refractivity contribution in [3.63, 3.8) is 0 Å². The topological polar surface area (TPSA) is 70.2 Å². The van der Waals surface area contributed by atoms with Gasteiger partial charge in [0.25, 0.3) is 0 Å². The van der Waals surface area contributed by atoms with Crippen molar-refractivity contribution in [1.29, 1.82) is 0 Å². The number of halogens is 3. The van der Waals surface area contributed by atoms with Gasteiger partial charge in [0.2, 0.25) is 5.91 Å². The van der Waals surface area contributed by atoms with Crippen LogP contribution in [0, 0.1) is 0 Å². The molecule has 2 aromatic carbocycles. The Labute approximate surface area is 174 Å². The molecule has 162 valence electrons. The van der Waals surface area contributed by atoms with Crippen LogP contribution in [0.15, 0.2) is 42.5 Å². The number of nitrogens with one attached hydrogen (secondary N) is 3. The van der Waals surface area contributed by atoms with E-state index < -0.39 is 23.7 Å². The molecule has 0 fully saturated rings. The number of carbonyl (C=O) groups is 2. The number of hydrogen-bond donors (Lipinski definition) is 3. The molecule has 0 unspecified atom stereocenters. The molecule has 5 nitrogen and oxygen atoms in total. The summed E-state index contributed by atoms with van der Waals surface area (Å²) in [6.45, 7) is 7.79. The molecule has 0 aliphatic rings. The second kappa shape index (κ2) is 9.65. The average molecular weight is 421 g/mol. The van der Waals surface area contributed by atoms with E-state index in [9.17, 15) is 22.8 Å². The van der Waals surface area contributed by atoms with Crippen LogP contribution in [0.25, 0.3) is 0 Å². The Morgan fingerprint density at radius 2 is 1.40 bits per heavy atom. The molecule has 3 N–H and O–H groups in total. The van der Waals surface area contributed by atoms with Crippen LogP contribution >= 0.6 is 0 Å². The van der Waals surface area contributed by atoms with Gasteiger partial charge in [0.05, 0.1) is 12.1 Å². The quantitative estimate of drug-likeness (QED) is 0.559. The molecule has 0 aliphatic carbocycles. The van der Waals surface area contributed by atoms with E-state index in [4.69, 9.17) is 0 Å². The standard InChI is InChI=1S/C22H26F3N3O2/c1-13(2)17-6-5-7-18(14(3)4)20(17)28-21(30)26-12-19(29)27-16-10-8-15(9-11-16)22(23,24)25/h5-11,13-14H,12H2,1-4H3,(H,27,29)(H2,26,28,30). The van der Waals surface area contributed by atoms with Crippen molar-refractivity contribution < 1.29 is 22.8 Å². The molecule has 0 heterocycles. The van der Waals surface area contributed by atoms with Crippen molar-refractivity contribution in [3.05, 3.63) is 59.2 Å². The smallest absolute Gasteiger partial charge is 0.329 e. The van der Waals surface area contributed by atoms with Crippen LogP contribution in [-0.2, 0) is 11.0 Å². The molecule has 0 saturated carbocycles. The molecule has 30 heavy (non-hydrogen) atoms. The zero-order valence-corrected chi connectivity index (χ0v) is 17.4. The van der Waals surface area contributed by atoms with Crippen LogP contribution < -0.4 is 16.0 Å². The van der Waals surface area contributed by atoms with Crippen molar-refractivity contribution in [2.75, 3.05) is 17.2 Å². The molecule has 0 radical (unpaired) electrons. The highest BCUT2D eigenvalue weighted by Crippen LogP contribution is 2.32. The van der Waals surface area contributed by atoms with Gasteiger partial charge in [-0.05, 0) is 47.2 Å². The Balaban J connectivity index is 1.97. The third-order valence-electron chi connectivity index (χ3n) is 4.52. The highest BCUT2D eigenvalue weighted by molar-refractivity contribution is 5.97. The first-order chi connectivity index (χ1) is 14.0. The molecular formula is C22H26F3N3O2. The van der Waals surface area contributed by atoms with E-state index in [0.29, 0.717) is 0 Å². The molecule has 0 spiro atoms. The van der Waals surface area contributed by atoms with E-state index in [0.717, 1.165) is 41.1 Å². The van der Waals surface area contributed by atoms with Crippen molar-refractivity contribution in [2.24, 2.45) is 0 Å². The molecule has 0 aliphatic heterocycles. The lowest BCUT2D eigenvalue weighted by Gasteiger charge is -2.20. The second-order valence-corrected chi connectivity index (χ2v) is 7.55. The number of carbonyl (C=O) groups excluding carboxylic acids is 2. The fraction of sp³-hybridized carbons (Fsp3) is 0.364. The fourth-order valence-corrected chi connectivity index (χ4v) is 2.96. The molecule has 0 atom stereocenters. The minimum atomic E-state index is -4.44. The number of benzene rings is 2. The number of amides is 3. The predicted octanol–water partition coefficient (Wildman–Crippen LogP) is 5.71. The van der Waals surface area contributed by atoms with Crippen LogP contribution in [0.4, 0.5) is 29.3 Å². The van der Waals surface area contributed by atoms with E-state index in [1.54, 1.807) is 0 Å². The van der Waals surface area contributed by atoms with Crippen molar-refractivity contribution in [2.45, 2.75) is 45.7 Å². The zero-order valence-electron chi connectivity index (χ0n) is 17.4. The lowest BCUT2D eigenvalue weighted by atomic mass is 9.93. The summed E-state index contributed by atoms with van der Waals surface area (Å²) in [5, 5.41) is 7.76. The monoisotopic (exact) mass is 421 g/mol. The molecule has 0 saturated heterocycles. The Bertz CT molecular complexity index is 865.